The maximum Gasteiger partial charge on any atom is 0.223 e. The molecule has 1 heterocycles. The number of nitrogens with two attached hydrogens (primary N) is 1. The van der Waals surface area contributed by atoms with Gasteiger partial charge in [0.05, 0.1) is 0 Å². The van der Waals surface area contributed by atoms with Crippen molar-refractivity contribution < 1.29 is 4.79 Å². The van der Waals surface area contributed by atoms with Crippen LogP contribution in [0.5, 0.6) is 0 Å². The number of rotatable bonds is 4. The van der Waals surface area contributed by atoms with Gasteiger partial charge in [-0.15, -0.1) is 0 Å². The van der Waals surface area contributed by atoms with E-state index < -0.39 is 0 Å². The molecule has 1 aliphatic heterocycles. The number of hydrogen-bond donors (Lipinski definition) is 1. The van der Waals surface area contributed by atoms with E-state index in [1.807, 2.05) is 29.2 Å². The van der Waals surface area contributed by atoms with Crippen LogP contribution in [0, 0.1) is 0 Å². The largest absolute Gasteiger partial charge is 0.398 e. The molecule has 0 saturated carbocycles. The highest BCUT2D eigenvalue weighted by Crippen LogP contribution is 2.20. The average molecular weight is 265 g/mol. The van der Waals surface area contributed by atoms with E-state index in [2.05, 4.69) is 0 Å². The number of halogens is 1. The van der Waals surface area contributed by atoms with Crippen molar-refractivity contribution in [1.29, 1.82) is 0 Å². The lowest BCUT2D eigenvalue weighted by molar-refractivity contribution is -0.129. The van der Waals surface area contributed by atoms with Gasteiger partial charge >= 0.3 is 0 Å². The molecule has 1 amide bonds. The first kappa shape index (κ1) is 13.0. The summed E-state index contributed by atoms with van der Waals surface area (Å²) in [5.74, 6) is 0.215. The number of carbonyl (C=O) groups is 1. The second-order valence-corrected chi connectivity index (χ2v) is 4.90. The van der Waals surface area contributed by atoms with Crippen LogP contribution in [-0.4, -0.2) is 23.9 Å². The molecule has 18 heavy (non-hydrogen) atoms. The van der Waals surface area contributed by atoms with Gasteiger partial charge in [0, 0.05) is 30.2 Å². The first-order valence-electron chi connectivity index (χ1n) is 6.13. The van der Waals surface area contributed by atoms with Crippen molar-refractivity contribution in [2.24, 2.45) is 0 Å². The molecule has 0 unspecified atom stereocenters. The van der Waals surface area contributed by atoms with E-state index in [4.69, 9.17) is 17.3 Å². The third-order valence-electron chi connectivity index (χ3n) is 3.12. The minimum Gasteiger partial charge on any atom is -0.398 e. The molecule has 1 aliphatic rings. The lowest BCUT2D eigenvalue weighted by Crippen LogP contribution is -2.27. The molecule has 0 aromatic heterocycles. The first-order valence-corrected chi connectivity index (χ1v) is 6.51. The van der Waals surface area contributed by atoms with Gasteiger partial charge in [0.2, 0.25) is 5.91 Å². The van der Waals surface area contributed by atoms with E-state index in [1.165, 1.54) is 0 Å². The number of benzene rings is 1. The normalized spacial score (nSPS) is 14.2. The number of nitrogen functional groups attached to an aromatic ring is 1. The fraction of sp³-hybridized carbons (Fsp3) is 0.357. The SMILES string of the molecule is Nc1cc(Cl)ccc1CCCC(=O)N1CC=CC1. The molecule has 0 aliphatic carbocycles. The first-order chi connectivity index (χ1) is 8.66. The molecular weight excluding hydrogens is 248 g/mol. The summed E-state index contributed by atoms with van der Waals surface area (Å²) in [6.45, 7) is 1.50. The van der Waals surface area contributed by atoms with Gasteiger partial charge in [0.1, 0.15) is 0 Å². The summed E-state index contributed by atoms with van der Waals surface area (Å²) in [7, 11) is 0. The molecule has 3 nitrogen and oxygen atoms in total. The highest BCUT2D eigenvalue weighted by Gasteiger charge is 2.13. The van der Waals surface area contributed by atoms with E-state index in [-0.39, 0.29) is 5.91 Å². The Morgan fingerprint density at radius 1 is 1.33 bits per heavy atom. The summed E-state index contributed by atoms with van der Waals surface area (Å²) < 4.78 is 0. The lowest BCUT2D eigenvalue weighted by Gasteiger charge is -2.15. The smallest absolute Gasteiger partial charge is 0.223 e. The number of amides is 1. The second-order valence-electron chi connectivity index (χ2n) is 4.47. The predicted octanol–water partition coefficient (Wildman–Crippen LogP) is 2.64. The molecule has 4 heteroatoms. The zero-order valence-corrected chi connectivity index (χ0v) is 11.0. The maximum absolute atomic E-state index is 11.8. The molecule has 0 atom stereocenters. The van der Waals surface area contributed by atoms with Crippen molar-refractivity contribution in [3.8, 4) is 0 Å². The van der Waals surface area contributed by atoms with Crippen molar-refractivity contribution in [3.63, 3.8) is 0 Å². The van der Waals surface area contributed by atoms with Crippen LogP contribution >= 0.6 is 11.6 Å². The molecule has 2 rings (SSSR count). The van der Waals surface area contributed by atoms with Crippen molar-refractivity contribution >= 4 is 23.2 Å². The highest BCUT2D eigenvalue weighted by molar-refractivity contribution is 6.30. The Labute approximate surface area is 112 Å². The fourth-order valence-electron chi connectivity index (χ4n) is 2.06. The van der Waals surface area contributed by atoms with Crippen LogP contribution in [0.1, 0.15) is 18.4 Å². The zero-order chi connectivity index (χ0) is 13.0. The van der Waals surface area contributed by atoms with Gasteiger partial charge in [-0.05, 0) is 30.5 Å². The van der Waals surface area contributed by atoms with Crippen LogP contribution in [0.4, 0.5) is 5.69 Å². The Kier molecular flexibility index (Phi) is 4.26. The second kappa shape index (κ2) is 5.91. The quantitative estimate of drug-likeness (QED) is 0.671. The standard InChI is InChI=1S/C14H17ClN2O/c15-12-7-6-11(13(16)10-12)4-3-5-14(18)17-8-1-2-9-17/h1-2,6-7,10H,3-5,8-9,16H2. The Morgan fingerprint density at radius 3 is 2.72 bits per heavy atom. The third kappa shape index (κ3) is 3.26. The molecule has 1 aromatic rings. The fourth-order valence-corrected chi connectivity index (χ4v) is 2.24. The van der Waals surface area contributed by atoms with Crippen LogP contribution in [0.3, 0.4) is 0 Å². The van der Waals surface area contributed by atoms with Gasteiger partial charge in [-0.3, -0.25) is 4.79 Å². The van der Waals surface area contributed by atoms with E-state index >= 15 is 0 Å². The highest BCUT2D eigenvalue weighted by atomic mass is 35.5. The Hall–Kier alpha value is -1.48. The van der Waals surface area contributed by atoms with Crippen molar-refractivity contribution in [2.45, 2.75) is 19.3 Å². The van der Waals surface area contributed by atoms with Gasteiger partial charge < -0.3 is 10.6 Å². The minimum absolute atomic E-state index is 0.215. The van der Waals surface area contributed by atoms with Gasteiger partial charge in [-0.25, -0.2) is 0 Å². The summed E-state index contributed by atoms with van der Waals surface area (Å²) in [5.41, 5.74) is 7.64. The topological polar surface area (TPSA) is 46.3 Å². The summed E-state index contributed by atoms with van der Waals surface area (Å²) in [6, 6.07) is 5.52. The Morgan fingerprint density at radius 2 is 2.06 bits per heavy atom. The van der Waals surface area contributed by atoms with Crippen LogP contribution in [0.25, 0.3) is 0 Å². The Bertz CT molecular complexity index is 463. The van der Waals surface area contributed by atoms with Crippen molar-refractivity contribution in [2.75, 3.05) is 18.8 Å². The Balaban J connectivity index is 1.79. The van der Waals surface area contributed by atoms with Crippen molar-refractivity contribution in [3.05, 3.63) is 40.9 Å². The van der Waals surface area contributed by atoms with E-state index in [9.17, 15) is 4.79 Å². The summed E-state index contributed by atoms with van der Waals surface area (Å²) in [5, 5.41) is 0.649. The summed E-state index contributed by atoms with van der Waals surface area (Å²) >= 11 is 5.84. The van der Waals surface area contributed by atoms with E-state index in [0.29, 0.717) is 17.1 Å². The molecule has 1 aromatic carbocycles. The van der Waals surface area contributed by atoms with Gasteiger partial charge in [-0.2, -0.15) is 0 Å². The van der Waals surface area contributed by atoms with Gasteiger partial charge in [0.25, 0.3) is 0 Å². The molecule has 0 saturated heterocycles. The number of aryl methyl sites for hydroxylation is 1. The van der Waals surface area contributed by atoms with Crippen molar-refractivity contribution in [1.82, 2.24) is 4.90 Å². The van der Waals surface area contributed by atoms with Crippen LogP contribution in [0.15, 0.2) is 30.4 Å². The van der Waals surface area contributed by atoms with Crippen LogP contribution in [-0.2, 0) is 11.2 Å². The summed E-state index contributed by atoms with van der Waals surface area (Å²) in [4.78, 5) is 13.7. The van der Waals surface area contributed by atoms with Crippen LogP contribution < -0.4 is 5.73 Å². The van der Waals surface area contributed by atoms with Gasteiger partial charge in [0.15, 0.2) is 0 Å². The van der Waals surface area contributed by atoms with E-state index in [1.54, 1.807) is 6.07 Å². The lowest BCUT2D eigenvalue weighted by atomic mass is 10.1. The van der Waals surface area contributed by atoms with Gasteiger partial charge in [-0.1, -0.05) is 29.8 Å². The molecule has 2 N–H and O–H groups in total. The molecule has 0 bridgehead atoms. The summed E-state index contributed by atoms with van der Waals surface area (Å²) in [6.07, 6.45) is 6.26. The van der Waals surface area contributed by atoms with Crippen LogP contribution in [0.2, 0.25) is 5.02 Å². The monoisotopic (exact) mass is 264 g/mol. The molecule has 0 fully saturated rings. The zero-order valence-electron chi connectivity index (χ0n) is 10.2. The predicted molar refractivity (Wildman–Crippen MR) is 74.5 cm³/mol. The number of carbonyl (C=O) groups excluding carboxylic acids is 1. The molecule has 0 radical (unpaired) electrons. The third-order valence-corrected chi connectivity index (χ3v) is 3.35. The molecule has 0 spiro atoms. The number of nitrogens with zero attached hydrogens (tertiary/aromatic N) is 1. The average Bonchev–Trinajstić information content (AvgIpc) is 2.85. The minimum atomic E-state index is 0.215. The number of anilines is 1. The molecule has 96 valence electrons. The van der Waals surface area contributed by atoms with E-state index in [0.717, 1.165) is 31.5 Å². The maximum atomic E-state index is 11.8. The molecular formula is C14H17ClN2O. The number of hydrogen-bond acceptors (Lipinski definition) is 2.